The van der Waals surface area contributed by atoms with Gasteiger partial charge in [0.2, 0.25) is 0 Å². The molecular formula is C7H10ClNO2S. The molecule has 5 heteroatoms. The van der Waals surface area contributed by atoms with Gasteiger partial charge in [-0.15, -0.1) is 0 Å². The Labute approximate surface area is 76.7 Å². The van der Waals surface area contributed by atoms with E-state index in [1.807, 2.05) is 18.2 Å². The summed E-state index contributed by atoms with van der Waals surface area (Å²) in [5, 5.41) is 4.09. The molecule has 0 aliphatic carbocycles. The fraction of sp³-hybridized carbons (Fsp3) is 0.143. The molecule has 0 heterocycles. The van der Waals surface area contributed by atoms with Crippen LogP contribution in [0, 0.1) is 6.92 Å². The van der Waals surface area contributed by atoms with Gasteiger partial charge in [0.15, 0.2) is 0 Å². The molecule has 0 saturated carbocycles. The Morgan fingerprint density at radius 3 is 1.75 bits per heavy atom. The number of aryl methyl sites for hydroxylation is 1. The van der Waals surface area contributed by atoms with Crippen molar-refractivity contribution in [2.24, 2.45) is 5.14 Å². The summed E-state index contributed by atoms with van der Waals surface area (Å²) in [4.78, 5) is 0. The number of nitrogens with two attached hydrogens (primary N) is 1. The van der Waals surface area contributed by atoms with Gasteiger partial charge < -0.3 is 0 Å². The molecule has 1 aromatic rings. The van der Waals surface area contributed by atoms with Crippen molar-refractivity contribution in [1.82, 2.24) is 0 Å². The van der Waals surface area contributed by atoms with E-state index >= 15 is 0 Å². The summed E-state index contributed by atoms with van der Waals surface area (Å²) in [7, 11) is 0.586. The first-order valence-corrected chi connectivity index (χ1v) is 5.51. The van der Waals surface area contributed by atoms with Crippen LogP contribution in [-0.4, -0.2) is 8.42 Å². The van der Waals surface area contributed by atoms with Crippen LogP contribution in [0.1, 0.15) is 5.56 Å². The van der Waals surface area contributed by atoms with Crippen LogP contribution in [0.3, 0.4) is 0 Å². The van der Waals surface area contributed by atoms with Crippen LogP contribution >= 0.6 is 10.7 Å². The van der Waals surface area contributed by atoms with Gasteiger partial charge in [-0.25, -0.2) is 5.14 Å². The Morgan fingerprint density at radius 2 is 1.58 bits per heavy atom. The van der Waals surface area contributed by atoms with Gasteiger partial charge in [0, 0.05) is 10.7 Å². The van der Waals surface area contributed by atoms with Crippen molar-refractivity contribution >= 4 is 19.9 Å². The second-order valence-corrected chi connectivity index (χ2v) is 4.37. The largest absolute Gasteiger partial charge is 0.294 e. The van der Waals surface area contributed by atoms with Gasteiger partial charge in [-0.2, -0.15) is 8.42 Å². The smallest absolute Gasteiger partial charge is 0.215 e. The van der Waals surface area contributed by atoms with Crippen LogP contribution in [0.2, 0.25) is 0 Å². The summed E-state index contributed by atoms with van der Waals surface area (Å²) in [5.74, 6) is 0. The van der Waals surface area contributed by atoms with Gasteiger partial charge in [0.05, 0.1) is 0 Å². The molecule has 3 nitrogen and oxygen atoms in total. The van der Waals surface area contributed by atoms with Crippen molar-refractivity contribution in [2.45, 2.75) is 6.92 Å². The molecule has 0 saturated heterocycles. The first-order chi connectivity index (χ1) is 5.39. The summed E-state index contributed by atoms with van der Waals surface area (Å²) >= 11 is 0. The van der Waals surface area contributed by atoms with Crippen LogP contribution < -0.4 is 5.14 Å². The summed E-state index contributed by atoms with van der Waals surface area (Å²) in [6.07, 6.45) is 0. The van der Waals surface area contributed by atoms with E-state index in [9.17, 15) is 8.42 Å². The second-order valence-electron chi connectivity index (χ2n) is 2.13. The highest BCUT2D eigenvalue weighted by Crippen LogP contribution is 1.92. The molecule has 0 aliphatic rings. The van der Waals surface area contributed by atoms with Crippen LogP contribution in [-0.2, 0) is 9.24 Å². The van der Waals surface area contributed by atoms with E-state index in [0.29, 0.717) is 0 Å². The third kappa shape index (κ3) is 12.1. The van der Waals surface area contributed by atoms with Crippen molar-refractivity contribution in [3.8, 4) is 0 Å². The Hall–Kier alpha value is -0.580. The minimum absolute atomic E-state index is 1.32. The standard InChI is InChI=1S/C7H8.ClH2NO2S/c1-7-5-3-2-4-6-7;1-5(2,3)4/h2-6H,1H3;(H2,2,3,4). The van der Waals surface area contributed by atoms with Crippen molar-refractivity contribution in [1.29, 1.82) is 0 Å². The van der Waals surface area contributed by atoms with E-state index in [-0.39, 0.29) is 0 Å². The Kier molecular flexibility index (Phi) is 4.89. The van der Waals surface area contributed by atoms with Crippen LogP contribution in [0.4, 0.5) is 0 Å². The van der Waals surface area contributed by atoms with Crippen LogP contribution in [0.5, 0.6) is 0 Å². The van der Waals surface area contributed by atoms with E-state index in [1.165, 1.54) is 5.56 Å². The maximum atomic E-state index is 9.18. The number of halogens is 1. The lowest BCUT2D eigenvalue weighted by atomic mass is 10.2. The molecule has 0 spiro atoms. The first kappa shape index (κ1) is 11.4. The summed E-state index contributed by atoms with van der Waals surface area (Å²) in [6.45, 7) is 2.08. The predicted octanol–water partition coefficient (Wildman–Crippen LogP) is 1.42. The summed E-state index contributed by atoms with van der Waals surface area (Å²) in [6, 6.07) is 10.3. The molecule has 0 aliphatic heterocycles. The minimum Gasteiger partial charge on any atom is -0.215 e. The lowest BCUT2D eigenvalue weighted by molar-refractivity contribution is 0.611. The molecule has 12 heavy (non-hydrogen) atoms. The highest BCUT2D eigenvalue weighted by Gasteiger charge is 1.83. The lowest BCUT2D eigenvalue weighted by Crippen LogP contribution is -2.00. The normalized spacial score (nSPS) is 9.92. The molecule has 0 atom stereocenters. The molecule has 0 aromatic heterocycles. The van der Waals surface area contributed by atoms with Crippen molar-refractivity contribution in [2.75, 3.05) is 0 Å². The summed E-state index contributed by atoms with van der Waals surface area (Å²) < 4.78 is 18.4. The van der Waals surface area contributed by atoms with Crippen molar-refractivity contribution < 1.29 is 8.42 Å². The number of hydrogen-bond donors (Lipinski definition) is 1. The first-order valence-electron chi connectivity index (χ1n) is 3.13. The SMILES string of the molecule is Cc1ccccc1.NS(=O)(=O)Cl. The Balaban J connectivity index is 0.000000217. The molecule has 1 rings (SSSR count). The predicted molar refractivity (Wildman–Crippen MR) is 50.1 cm³/mol. The molecule has 0 radical (unpaired) electrons. The van der Waals surface area contributed by atoms with Gasteiger partial charge in [0.1, 0.15) is 0 Å². The molecule has 0 amide bonds. The average molecular weight is 208 g/mol. The van der Waals surface area contributed by atoms with Crippen molar-refractivity contribution in [3.05, 3.63) is 35.9 Å². The monoisotopic (exact) mass is 207 g/mol. The van der Waals surface area contributed by atoms with E-state index < -0.39 is 9.24 Å². The van der Waals surface area contributed by atoms with E-state index in [4.69, 9.17) is 0 Å². The van der Waals surface area contributed by atoms with Gasteiger partial charge >= 0.3 is 0 Å². The number of rotatable bonds is 0. The topological polar surface area (TPSA) is 60.2 Å². The molecule has 2 N–H and O–H groups in total. The zero-order valence-electron chi connectivity index (χ0n) is 6.57. The van der Waals surface area contributed by atoms with Gasteiger partial charge in [-0.1, -0.05) is 35.9 Å². The van der Waals surface area contributed by atoms with Crippen LogP contribution in [0.15, 0.2) is 30.3 Å². The van der Waals surface area contributed by atoms with E-state index in [2.05, 4.69) is 34.9 Å². The van der Waals surface area contributed by atoms with Gasteiger partial charge in [-0.3, -0.25) is 0 Å². The fourth-order valence-electron chi connectivity index (χ4n) is 0.534. The van der Waals surface area contributed by atoms with Gasteiger partial charge in [-0.05, 0) is 6.92 Å². The maximum Gasteiger partial charge on any atom is 0.294 e. The third-order valence-electron chi connectivity index (χ3n) is 0.940. The zero-order chi connectivity index (χ0) is 9.61. The average Bonchev–Trinajstić information content (AvgIpc) is 1.85. The highest BCUT2D eigenvalue weighted by molar-refractivity contribution is 8.11. The van der Waals surface area contributed by atoms with Crippen molar-refractivity contribution in [3.63, 3.8) is 0 Å². The third-order valence-corrected chi connectivity index (χ3v) is 0.940. The molecule has 0 bridgehead atoms. The summed E-state index contributed by atoms with van der Waals surface area (Å²) in [5.41, 5.74) is 1.32. The number of benzene rings is 1. The number of hydrogen-bond acceptors (Lipinski definition) is 2. The quantitative estimate of drug-likeness (QED) is 0.655. The fourth-order valence-corrected chi connectivity index (χ4v) is 0.534. The molecule has 0 fully saturated rings. The molecule has 68 valence electrons. The zero-order valence-corrected chi connectivity index (χ0v) is 8.14. The molecular weight excluding hydrogens is 198 g/mol. The molecule has 0 unspecified atom stereocenters. The van der Waals surface area contributed by atoms with E-state index in [1.54, 1.807) is 0 Å². The molecule has 1 aromatic carbocycles. The minimum atomic E-state index is -3.69. The van der Waals surface area contributed by atoms with E-state index in [0.717, 1.165) is 0 Å². The highest BCUT2D eigenvalue weighted by atomic mass is 35.7. The maximum absolute atomic E-state index is 9.18. The lowest BCUT2D eigenvalue weighted by Gasteiger charge is -1.82. The van der Waals surface area contributed by atoms with Gasteiger partial charge in [0.25, 0.3) is 9.24 Å². The Bertz CT molecular complexity index is 301. The second kappa shape index (κ2) is 5.13. The van der Waals surface area contributed by atoms with Crippen LogP contribution in [0.25, 0.3) is 0 Å². The Morgan fingerprint density at radius 1 is 1.25 bits per heavy atom.